The fraction of sp³-hybridized carbons (Fsp3) is 0.167. The lowest BCUT2D eigenvalue weighted by Crippen LogP contribution is -1.92. The Labute approximate surface area is 108 Å². The number of hydrogen-bond donors (Lipinski definition) is 2. The van der Waals surface area contributed by atoms with Crippen molar-refractivity contribution in [1.82, 2.24) is 4.98 Å². The van der Waals surface area contributed by atoms with E-state index in [4.69, 9.17) is 15.3 Å². The van der Waals surface area contributed by atoms with Crippen molar-refractivity contribution in [1.29, 1.82) is 0 Å². The average Bonchev–Trinajstić information content (AvgIpc) is 2.70. The van der Waals surface area contributed by atoms with Crippen LogP contribution in [0.3, 0.4) is 0 Å². The van der Waals surface area contributed by atoms with Gasteiger partial charge >= 0.3 is 5.97 Å². The molecule has 0 amide bonds. The van der Waals surface area contributed by atoms with Gasteiger partial charge in [0, 0.05) is 17.5 Å². The van der Waals surface area contributed by atoms with Gasteiger partial charge in [-0.25, -0.2) is 9.78 Å². The molecule has 18 heavy (non-hydrogen) atoms. The molecule has 0 spiro atoms. The topological polar surface area (TPSA) is 89.3 Å². The van der Waals surface area contributed by atoms with Gasteiger partial charge in [-0.2, -0.15) is 0 Å². The Balaban J connectivity index is 2.11. The molecule has 6 heteroatoms. The lowest BCUT2D eigenvalue weighted by atomic mass is 10.3. The number of aromatic carboxylic acids is 1. The van der Waals surface area contributed by atoms with E-state index in [-0.39, 0.29) is 5.76 Å². The summed E-state index contributed by atoms with van der Waals surface area (Å²) in [7, 11) is 0. The van der Waals surface area contributed by atoms with Gasteiger partial charge in [0.15, 0.2) is 0 Å². The van der Waals surface area contributed by atoms with Crippen LogP contribution >= 0.6 is 11.8 Å². The van der Waals surface area contributed by atoms with Crippen molar-refractivity contribution in [2.45, 2.75) is 17.7 Å². The third-order valence-corrected chi connectivity index (χ3v) is 3.47. The Morgan fingerprint density at radius 1 is 1.61 bits per heavy atom. The summed E-state index contributed by atoms with van der Waals surface area (Å²) < 4.78 is 5.13. The van der Waals surface area contributed by atoms with Crippen LogP contribution in [0.4, 0.5) is 5.69 Å². The number of thioether (sulfide) groups is 1. The number of carboxylic acid groups (broad SMARTS) is 1. The van der Waals surface area contributed by atoms with Crippen LogP contribution in [-0.4, -0.2) is 16.1 Å². The predicted molar refractivity (Wildman–Crippen MR) is 68.6 cm³/mol. The molecule has 2 aromatic rings. The zero-order valence-corrected chi connectivity index (χ0v) is 10.5. The fourth-order valence-corrected chi connectivity index (χ4v) is 2.39. The van der Waals surface area contributed by atoms with Crippen LogP contribution in [0.1, 0.15) is 21.9 Å². The van der Waals surface area contributed by atoms with Gasteiger partial charge in [-0.05, 0) is 25.1 Å². The van der Waals surface area contributed by atoms with E-state index in [1.54, 1.807) is 25.3 Å². The molecule has 0 aromatic carbocycles. The number of aromatic nitrogens is 1. The Hall–Kier alpha value is -1.95. The Morgan fingerprint density at radius 2 is 2.39 bits per heavy atom. The molecule has 0 radical (unpaired) electrons. The quantitative estimate of drug-likeness (QED) is 0.825. The van der Waals surface area contributed by atoms with E-state index in [0.717, 1.165) is 10.6 Å². The third-order valence-electron chi connectivity index (χ3n) is 2.40. The van der Waals surface area contributed by atoms with Crippen molar-refractivity contribution in [2.24, 2.45) is 0 Å². The number of pyridine rings is 1. The zero-order valence-electron chi connectivity index (χ0n) is 9.71. The van der Waals surface area contributed by atoms with Gasteiger partial charge in [0.1, 0.15) is 10.8 Å². The van der Waals surface area contributed by atoms with Gasteiger partial charge in [-0.1, -0.05) is 11.8 Å². The summed E-state index contributed by atoms with van der Waals surface area (Å²) in [5.74, 6) is 0.0716. The van der Waals surface area contributed by atoms with E-state index in [1.165, 1.54) is 17.8 Å². The maximum atomic E-state index is 10.8. The Bertz CT molecular complexity index is 580. The third kappa shape index (κ3) is 2.65. The van der Waals surface area contributed by atoms with Crippen molar-refractivity contribution < 1.29 is 14.3 Å². The predicted octanol–water partition coefficient (Wildman–Crippen LogP) is 2.56. The second kappa shape index (κ2) is 5.14. The first-order valence-electron chi connectivity index (χ1n) is 5.24. The van der Waals surface area contributed by atoms with Gasteiger partial charge in [0.2, 0.25) is 5.76 Å². The highest BCUT2D eigenvalue weighted by molar-refractivity contribution is 7.98. The number of carboxylic acids is 1. The zero-order chi connectivity index (χ0) is 13.1. The van der Waals surface area contributed by atoms with Crippen molar-refractivity contribution in [3.05, 3.63) is 41.5 Å². The molecule has 0 bridgehead atoms. The molecule has 0 aliphatic carbocycles. The van der Waals surface area contributed by atoms with E-state index in [9.17, 15) is 4.79 Å². The molecule has 3 N–H and O–H groups in total. The number of aryl methyl sites for hydroxylation is 1. The Kier molecular flexibility index (Phi) is 3.57. The van der Waals surface area contributed by atoms with E-state index < -0.39 is 5.97 Å². The number of nitrogen functional groups attached to an aromatic ring is 1. The van der Waals surface area contributed by atoms with E-state index in [2.05, 4.69) is 4.98 Å². The van der Waals surface area contributed by atoms with Crippen LogP contribution in [0.15, 0.2) is 33.8 Å². The molecular formula is C12H12N2O3S. The highest BCUT2D eigenvalue weighted by Crippen LogP contribution is 2.28. The second-order valence-electron chi connectivity index (χ2n) is 3.68. The minimum Gasteiger partial charge on any atom is -0.475 e. The van der Waals surface area contributed by atoms with E-state index in [0.29, 0.717) is 17.2 Å². The van der Waals surface area contributed by atoms with Gasteiger partial charge in [0.05, 0.1) is 5.69 Å². The van der Waals surface area contributed by atoms with E-state index in [1.807, 2.05) is 0 Å². The minimum absolute atomic E-state index is 0.0444. The van der Waals surface area contributed by atoms with Crippen molar-refractivity contribution in [3.63, 3.8) is 0 Å². The molecule has 0 aliphatic rings. The summed E-state index contributed by atoms with van der Waals surface area (Å²) >= 11 is 1.45. The van der Waals surface area contributed by atoms with Gasteiger partial charge < -0.3 is 15.3 Å². The summed E-state index contributed by atoms with van der Waals surface area (Å²) in [6.07, 6.45) is 1.67. The van der Waals surface area contributed by atoms with Crippen molar-refractivity contribution >= 4 is 23.4 Å². The minimum atomic E-state index is -1.06. The van der Waals surface area contributed by atoms with Gasteiger partial charge in [-0.15, -0.1) is 0 Å². The number of rotatable bonds is 4. The summed E-state index contributed by atoms with van der Waals surface area (Å²) in [6, 6.07) is 5.08. The van der Waals surface area contributed by atoms with Crippen LogP contribution < -0.4 is 5.73 Å². The molecule has 0 unspecified atom stereocenters. The summed E-state index contributed by atoms with van der Waals surface area (Å²) in [6.45, 7) is 1.74. The van der Waals surface area contributed by atoms with Crippen LogP contribution in [0, 0.1) is 6.92 Å². The molecule has 5 nitrogen and oxygen atoms in total. The first kappa shape index (κ1) is 12.5. The lowest BCUT2D eigenvalue weighted by molar-refractivity contribution is 0.0661. The van der Waals surface area contributed by atoms with Crippen LogP contribution in [0.2, 0.25) is 0 Å². The van der Waals surface area contributed by atoms with Crippen molar-refractivity contribution in [2.75, 3.05) is 5.73 Å². The molecule has 2 heterocycles. The Morgan fingerprint density at radius 3 is 3.00 bits per heavy atom. The maximum Gasteiger partial charge on any atom is 0.371 e. The highest BCUT2D eigenvalue weighted by Gasteiger charge is 2.13. The van der Waals surface area contributed by atoms with Crippen molar-refractivity contribution in [3.8, 4) is 0 Å². The molecule has 2 rings (SSSR count). The fourth-order valence-electron chi connectivity index (χ4n) is 1.44. The standard InChI is InChI=1S/C12H12N2O3S/c1-7-8(5-10(17-7)12(15)16)6-18-11-9(13)3-2-4-14-11/h2-5H,6,13H2,1H3,(H,15,16). The monoisotopic (exact) mass is 264 g/mol. The summed E-state index contributed by atoms with van der Waals surface area (Å²) in [5.41, 5.74) is 7.22. The molecule has 0 aliphatic heterocycles. The molecule has 94 valence electrons. The van der Waals surface area contributed by atoms with Crippen LogP contribution in [-0.2, 0) is 5.75 Å². The number of nitrogens with zero attached hydrogens (tertiary/aromatic N) is 1. The normalized spacial score (nSPS) is 10.5. The molecule has 0 fully saturated rings. The van der Waals surface area contributed by atoms with Crippen LogP contribution in [0.25, 0.3) is 0 Å². The van der Waals surface area contributed by atoms with Gasteiger partial charge in [-0.3, -0.25) is 0 Å². The molecule has 0 saturated carbocycles. The van der Waals surface area contributed by atoms with Gasteiger partial charge in [0.25, 0.3) is 0 Å². The smallest absolute Gasteiger partial charge is 0.371 e. The second-order valence-corrected chi connectivity index (χ2v) is 4.65. The molecule has 0 atom stereocenters. The first-order chi connectivity index (χ1) is 8.58. The van der Waals surface area contributed by atoms with Crippen LogP contribution in [0.5, 0.6) is 0 Å². The number of furan rings is 1. The summed E-state index contributed by atoms with van der Waals surface area (Å²) in [4.78, 5) is 14.9. The number of hydrogen-bond acceptors (Lipinski definition) is 5. The number of carbonyl (C=O) groups is 1. The largest absolute Gasteiger partial charge is 0.475 e. The molecule has 2 aromatic heterocycles. The maximum absolute atomic E-state index is 10.8. The average molecular weight is 264 g/mol. The van der Waals surface area contributed by atoms with E-state index >= 15 is 0 Å². The lowest BCUT2D eigenvalue weighted by Gasteiger charge is -2.02. The molecule has 0 saturated heterocycles. The number of nitrogens with two attached hydrogens (primary N) is 1. The SMILES string of the molecule is Cc1oc(C(=O)O)cc1CSc1ncccc1N. The highest BCUT2D eigenvalue weighted by atomic mass is 32.2. The molecular weight excluding hydrogens is 252 g/mol. The summed E-state index contributed by atoms with van der Waals surface area (Å²) in [5, 5.41) is 9.55. The first-order valence-corrected chi connectivity index (χ1v) is 6.22. The number of anilines is 1.